The van der Waals surface area contributed by atoms with Crippen molar-refractivity contribution in [2.45, 2.75) is 39.2 Å². The van der Waals surface area contributed by atoms with E-state index in [4.69, 9.17) is 9.47 Å². The van der Waals surface area contributed by atoms with Gasteiger partial charge in [-0.15, -0.1) is 11.3 Å². The van der Waals surface area contributed by atoms with Crippen LogP contribution in [0.15, 0.2) is 18.2 Å². The van der Waals surface area contributed by atoms with Gasteiger partial charge in [-0.3, -0.25) is 4.79 Å². The van der Waals surface area contributed by atoms with Crippen LogP contribution in [-0.2, 0) is 6.42 Å². The molecule has 1 fully saturated rings. The first kappa shape index (κ1) is 16.4. The molecule has 132 valence electrons. The van der Waals surface area contributed by atoms with Gasteiger partial charge >= 0.3 is 0 Å². The summed E-state index contributed by atoms with van der Waals surface area (Å²) in [5.41, 5.74) is 1.97. The number of benzene rings is 1. The largest absolute Gasteiger partial charge is 0.486 e. The molecule has 4 rings (SSSR count). The SMILES string of the molecule is CCc1nc(C)c(C(=O)N2CCCC2c2ccc3c(c2)OCCO3)s1. The normalized spacial score (nSPS) is 19.3. The topological polar surface area (TPSA) is 51.7 Å². The van der Waals surface area contributed by atoms with Crippen LogP contribution in [0.5, 0.6) is 11.5 Å². The molecular weight excluding hydrogens is 336 g/mol. The standard InChI is InChI=1S/C19H22N2O3S/c1-3-17-20-12(2)18(25-17)19(22)21-8-4-5-14(21)13-6-7-15-16(11-13)24-10-9-23-15/h6-7,11,14H,3-5,8-10H2,1-2H3. The van der Waals surface area contributed by atoms with Gasteiger partial charge in [-0.2, -0.15) is 0 Å². The molecule has 1 atom stereocenters. The van der Waals surface area contributed by atoms with Crippen molar-refractivity contribution in [3.8, 4) is 11.5 Å². The number of aromatic nitrogens is 1. The number of ether oxygens (including phenoxy) is 2. The van der Waals surface area contributed by atoms with Crippen molar-refractivity contribution in [3.63, 3.8) is 0 Å². The molecule has 0 aliphatic carbocycles. The quantitative estimate of drug-likeness (QED) is 0.838. The van der Waals surface area contributed by atoms with Crippen LogP contribution in [0.3, 0.4) is 0 Å². The Kier molecular flexibility index (Phi) is 4.37. The molecule has 3 heterocycles. The van der Waals surface area contributed by atoms with E-state index in [1.807, 2.05) is 24.0 Å². The van der Waals surface area contributed by atoms with Gasteiger partial charge in [0.2, 0.25) is 0 Å². The smallest absolute Gasteiger partial charge is 0.266 e. The molecule has 2 aliphatic heterocycles. The van der Waals surface area contributed by atoms with Crippen molar-refractivity contribution >= 4 is 17.2 Å². The van der Waals surface area contributed by atoms with Crippen LogP contribution < -0.4 is 9.47 Å². The average Bonchev–Trinajstić information content (AvgIpc) is 3.27. The van der Waals surface area contributed by atoms with Crippen molar-refractivity contribution in [2.24, 2.45) is 0 Å². The van der Waals surface area contributed by atoms with Crippen LogP contribution in [0.4, 0.5) is 0 Å². The maximum Gasteiger partial charge on any atom is 0.266 e. The highest BCUT2D eigenvalue weighted by atomic mass is 32.1. The number of amides is 1. The predicted octanol–water partition coefficient (Wildman–Crippen LogP) is 3.76. The van der Waals surface area contributed by atoms with Gasteiger partial charge in [-0.1, -0.05) is 13.0 Å². The molecule has 25 heavy (non-hydrogen) atoms. The number of carbonyl (C=O) groups excluding carboxylic acids is 1. The number of thiazole rings is 1. The number of carbonyl (C=O) groups is 1. The third-order valence-corrected chi connectivity index (χ3v) is 6.09. The van der Waals surface area contributed by atoms with Gasteiger partial charge in [0.15, 0.2) is 11.5 Å². The van der Waals surface area contributed by atoms with Gasteiger partial charge in [0.05, 0.1) is 16.7 Å². The highest BCUT2D eigenvalue weighted by Gasteiger charge is 2.33. The van der Waals surface area contributed by atoms with Gasteiger partial charge in [0.25, 0.3) is 5.91 Å². The number of aryl methyl sites for hydroxylation is 2. The van der Waals surface area contributed by atoms with Gasteiger partial charge in [0.1, 0.15) is 18.1 Å². The van der Waals surface area contributed by atoms with E-state index in [1.165, 1.54) is 11.3 Å². The highest BCUT2D eigenvalue weighted by Crippen LogP contribution is 2.39. The molecule has 1 unspecified atom stereocenters. The minimum absolute atomic E-state index is 0.0925. The Morgan fingerprint density at radius 2 is 2.12 bits per heavy atom. The first-order valence-corrected chi connectivity index (χ1v) is 9.66. The Bertz CT molecular complexity index is 802. The molecule has 0 bridgehead atoms. The number of rotatable bonds is 3. The van der Waals surface area contributed by atoms with Crippen LogP contribution in [0.2, 0.25) is 0 Å². The van der Waals surface area contributed by atoms with Crippen molar-refractivity contribution in [2.75, 3.05) is 19.8 Å². The predicted molar refractivity (Wildman–Crippen MR) is 96.7 cm³/mol. The van der Waals surface area contributed by atoms with Gasteiger partial charge < -0.3 is 14.4 Å². The van der Waals surface area contributed by atoms with Gasteiger partial charge in [-0.25, -0.2) is 4.98 Å². The fraction of sp³-hybridized carbons (Fsp3) is 0.474. The lowest BCUT2D eigenvalue weighted by atomic mass is 10.0. The van der Waals surface area contributed by atoms with E-state index in [0.717, 1.165) is 58.4 Å². The highest BCUT2D eigenvalue weighted by molar-refractivity contribution is 7.13. The van der Waals surface area contributed by atoms with E-state index in [-0.39, 0.29) is 11.9 Å². The maximum atomic E-state index is 13.1. The summed E-state index contributed by atoms with van der Waals surface area (Å²) in [5, 5.41) is 1.02. The molecule has 1 saturated heterocycles. The van der Waals surface area contributed by atoms with Crippen LogP contribution in [0.1, 0.15) is 51.7 Å². The number of fused-ring (bicyclic) bond motifs is 1. The number of hydrogen-bond acceptors (Lipinski definition) is 5. The monoisotopic (exact) mass is 358 g/mol. The summed E-state index contributed by atoms with van der Waals surface area (Å²) in [5.74, 6) is 1.68. The molecule has 6 heteroatoms. The molecule has 1 aromatic carbocycles. The van der Waals surface area contributed by atoms with Gasteiger partial charge in [-0.05, 0) is 43.9 Å². The second kappa shape index (κ2) is 6.67. The zero-order chi connectivity index (χ0) is 17.4. The summed E-state index contributed by atoms with van der Waals surface area (Å²) in [6.45, 7) is 5.95. The molecule has 1 amide bonds. The molecule has 0 spiro atoms. The Balaban J connectivity index is 1.62. The minimum atomic E-state index is 0.0925. The average molecular weight is 358 g/mol. The van der Waals surface area contributed by atoms with E-state index >= 15 is 0 Å². The van der Waals surface area contributed by atoms with Crippen LogP contribution in [-0.4, -0.2) is 35.5 Å². The zero-order valence-electron chi connectivity index (χ0n) is 14.6. The second-order valence-electron chi connectivity index (χ2n) is 6.44. The third-order valence-electron chi connectivity index (χ3n) is 4.80. The summed E-state index contributed by atoms with van der Waals surface area (Å²) >= 11 is 1.53. The zero-order valence-corrected chi connectivity index (χ0v) is 15.4. The summed E-state index contributed by atoms with van der Waals surface area (Å²) in [7, 11) is 0. The maximum absolute atomic E-state index is 13.1. The van der Waals surface area contributed by atoms with E-state index in [9.17, 15) is 4.79 Å². The molecule has 2 aliphatic rings. The number of likely N-dealkylation sites (tertiary alicyclic amines) is 1. The van der Waals surface area contributed by atoms with Crippen molar-refractivity contribution in [1.29, 1.82) is 0 Å². The van der Waals surface area contributed by atoms with Gasteiger partial charge in [0, 0.05) is 6.54 Å². The lowest BCUT2D eigenvalue weighted by Crippen LogP contribution is -2.30. The van der Waals surface area contributed by atoms with Crippen LogP contribution in [0.25, 0.3) is 0 Å². The summed E-state index contributed by atoms with van der Waals surface area (Å²) < 4.78 is 11.3. The molecular formula is C19H22N2O3S. The number of nitrogens with zero attached hydrogens (tertiary/aromatic N) is 2. The first-order valence-electron chi connectivity index (χ1n) is 8.84. The molecule has 2 aromatic rings. The Morgan fingerprint density at radius 1 is 1.32 bits per heavy atom. The summed E-state index contributed by atoms with van der Waals surface area (Å²) in [6.07, 6.45) is 2.86. The summed E-state index contributed by atoms with van der Waals surface area (Å²) in [4.78, 5) is 20.4. The van der Waals surface area contributed by atoms with E-state index in [2.05, 4.69) is 18.0 Å². The summed E-state index contributed by atoms with van der Waals surface area (Å²) in [6, 6.07) is 6.13. The van der Waals surface area contributed by atoms with E-state index in [0.29, 0.717) is 13.2 Å². The molecule has 0 radical (unpaired) electrons. The van der Waals surface area contributed by atoms with Crippen molar-refractivity contribution in [3.05, 3.63) is 39.3 Å². The fourth-order valence-electron chi connectivity index (χ4n) is 3.56. The third kappa shape index (κ3) is 2.99. The van der Waals surface area contributed by atoms with Crippen molar-refractivity contribution in [1.82, 2.24) is 9.88 Å². The van der Waals surface area contributed by atoms with Crippen LogP contribution >= 0.6 is 11.3 Å². The lowest BCUT2D eigenvalue weighted by Gasteiger charge is -2.26. The molecule has 1 aromatic heterocycles. The second-order valence-corrected chi connectivity index (χ2v) is 7.52. The Hall–Kier alpha value is -2.08. The van der Waals surface area contributed by atoms with Crippen LogP contribution in [0, 0.1) is 6.92 Å². The van der Waals surface area contributed by atoms with Crippen molar-refractivity contribution < 1.29 is 14.3 Å². The Labute approximate surface area is 151 Å². The van der Waals surface area contributed by atoms with E-state index < -0.39 is 0 Å². The Morgan fingerprint density at radius 3 is 2.88 bits per heavy atom. The fourth-order valence-corrected chi connectivity index (χ4v) is 4.52. The minimum Gasteiger partial charge on any atom is -0.486 e. The molecule has 5 nitrogen and oxygen atoms in total. The van der Waals surface area contributed by atoms with E-state index in [1.54, 1.807) is 0 Å². The molecule has 0 saturated carbocycles. The lowest BCUT2D eigenvalue weighted by molar-refractivity contribution is 0.0739. The number of hydrogen-bond donors (Lipinski definition) is 0. The molecule has 0 N–H and O–H groups in total. The first-order chi connectivity index (χ1) is 12.2.